The van der Waals surface area contributed by atoms with E-state index in [1.54, 1.807) is 18.2 Å². The van der Waals surface area contributed by atoms with Crippen molar-refractivity contribution in [2.45, 2.75) is 44.4 Å². The smallest absolute Gasteiger partial charge is 0.235 e. The van der Waals surface area contributed by atoms with Gasteiger partial charge in [0.2, 0.25) is 10.0 Å². The van der Waals surface area contributed by atoms with Gasteiger partial charge in [0.1, 0.15) is 0 Å². The molecule has 6 rings (SSSR count). The van der Waals surface area contributed by atoms with Crippen molar-refractivity contribution in [2.75, 3.05) is 17.8 Å². The topological polar surface area (TPSA) is 97.8 Å². The fourth-order valence-corrected chi connectivity index (χ4v) is 6.63. The third-order valence-electron chi connectivity index (χ3n) is 7.75. The number of rotatable bonds is 8. The van der Waals surface area contributed by atoms with Gasteiger partial charge in [-0.15, -0.1) is 0 Å². The molecular formula is C31H34N4O3S. The Morgan fingerprint density at radius 2 is 1.72 bits per heavy atom. The Kier molecular flexibility index (Phi) is 6.91. The number of nitrogens with one attached hydrogen (secondary N) is 2. The van der Waals surface area contributed by atoms with Gasteiger partial charge in [0.25, 0.3) is 0 Å². The van der Waals surface area contributed by atoms with Gasteiger partial charge in [0, 0.05) is 28.7 Å². The number of hydrogen-bond acceptors (Lipinski definition) is 5. The number of aromatic amines is 1. The number of H-pyrrole nitrogens is 1. The van der Waals surface area contributed by atoms with E-state index in [1.165, 1.54) is 18.4 Å². The van der Waals surface area contributed by atoms with Crippen molar-refractivity contribution in [1.29, 1.82) is 0 Å². The number of aromatic hydroxyl groups is 1. The molecular weight excluding hydrogens is 508 g/mol. The van der Waals surface area contributed by atoms with Crippen LogP contribution < -0.4 is 4.72 Å². The summed E-state index contributed by atoms with van der Waals surface area (Å²) in [6.45, 7) is 5.54. The maximum atomic E-state index is 12.6. The van der Waals surface area contributed by atoms with Gasteiger partial charge in [-0.25, -0.2) is 13.4 Å². The van der Waals surface area contributed by atoms with Crippen LogP contribution in [0.1, 0.15) is 49.3 Å². The highest BCUT2D eigenvalue weighted by Gasteiger charge is 2.35. The second-order valence-electron chi connectivity index (χ2n) is 10.9. The minimum atomic E-state index is -3.41. The van der Waals surface area contributed by atoms with Gasteiger partial charge in [-0.2, -0.15) is 0 Å². The van der Waals surface area contributed by atoms with E-state index in [0.29, 0.717) is 40.7 Å². The molecule has 3 aromatic carbocycles. The minimum absolute atomic E-state index is 0.00856. The molecule has 0 radical (unpaired) electrons. The second-order valence-corrected chi connectivity index (χ2v) is 12.9. The summed E-state index contributed by atoms with van der Waals surface area (Å²) in [5.74, 6) is 0.801. The maximum absolute atomic E-state index is 12.6. The van der Waals surface area contributed by atoms with Crippen LogP contribution in [0.3, 0.4) is 0 Å². The predicted molar refractivity (Wildman–Crippen MR) is 157 cm³/mol. The Labute approximate surface area is 229 Å². The van der Waals surface area contributed by atoms with Crippen molar-refractivity contribution in [3.05, 3.63) is 89.5 Å². The molecule has 1 aliphatic heterocycles. The number of sulfonamides is 1. The van der Waals surface area contributed by atoms with E-state index in [2.05, 4.69) is 33.7 Å². The van der Waals surface area contributed by atoms with E-state index < -0.39 is 10.0 Å². The van der Waals surface area contributed by atoms with E-state index in [0.717, 1.165) is 36.8 Å². The van der Waals surface area contributed by atoms with Gasteiger partial charge in [0.05, 0.1) is 22.2 Å². The molecule has 2 heterocycles. The molecule has 1 aliphatic carbocycles. The number of nitrogens with zero attached hydrogens (tertiary/aromatic N) is 2. The summed E-state index contributed by atoms with van der Waals surface area (Å²) in [5.41, 5.74) is 5.21. The van der Waals surface area contributed by atoms with Crippen LogP contribution in [0, 0.1) is 5.92 Å². The molecule has 3 N–H and O–H groups in total. The van der Waals surface area contributed by atoms with Crippen molar-refractivity contribution < 1.29 is 13.5 Å². The lowest BCUT2D eigenvalue weighted by atomic mass is 9.99. The Bertz CT molecular complexity index is 1600. The first kappa shape index (κ1) is 25.6. The minimum Gasteiger partial charge on any atom is -0.494 e. The highest BCUT2D eigenvalue weighted by Crippen LogP contribution is 2.35. The summed E-state index contributed by atoms with van der Waals surface area (Å²) >= 11 is 0. The summed E-state index contributed by atoms with van der Waals surface area (Å²) < 4.78 is 27.8. The third-order valence-corrected chi connectivity index (χ3v) is 9.62. The molecule has 4 aromatic rings. The van der Waals surface area contributed by atoms with Crippen LogP contribution in [-0.2, 0) is 16.6 Å². The molecule has 2 fully saturated rings. The Hall–Kier alpha value is -3.62. The summed E-state index contributed by atoms with van der Waals surface area (Å²) in [6, 6.07) is 23.3. The first-order valence-corrected chi connectivity index (χ1v) is 15.2. The average molecular weight is 543 g/mol. The van der Waals surface area contributed by atoms with Gasteiger partial charge in [-0.1, -0.05) is 49.4 Å². The Balaban J connectivity index is 1.35. The monoisotopic (exact) mass is 542 g/mol. The van der Waals surface area contributed by atoms with E-state index in [4.69, 9.17) is 4.99 Å². The summed E-state index contributed by atoms with van der Waals surface area (Å²) in [6.07, 6.45) is 3.88. The summed E-state index contributed by atoms with van der Waals surface area (Å²) in [5, 5.41) is 11.4. The lowest BCUT2D eigenvalue weighted by Crippen LogP contribution is -2.32. The van der Waals surface area contributed by atoms with Crippen molar-refractivity contribution in [1.82, 2.24) is 9.88 Å². The number of likely N-dealkylation sites (tertiary alicyclic amines) is 1. The SMILES string of the molecule is CC1CCN(Cc2ccc(N=C(c3ccccc3)c3c(O)[nH]c4ccc(NS(=O)(=O)C5CC5)cc34)cc2)CC1. The Morgan fingerprint density at radius 3 is 2.41 bits per heavy atom. The van der Waals surface area contributed by atoms with Crippen LogP contribution in [0.5, 0.6) is 5.88 Å². The van der Waals surface area contributed by atoms with Crippen LogP contribution in [-0.4, -0.2) is 47.5 Å². The highest BCUT2D eigenvalue weighted by molar-refractivity contribution is 7.93. The quantitative estimate of drug-likeness (QED) is 0.232. The molecule has 0 atom stereocenters. The molecule has 2 aliphatic rings. The number of piperidine rings is 1. The van der Waals surface area contributed by atoms with Gasteiger partial charge in [-0.3, -0.25) is 9.62 Å². The van der Waals surface area contributed by atoms with Crippen LogP contribution in [0.2, 0.25) is 0 Å². The van der Waals surface area contributed by atoms with Crippen LogP contribution in [0.4, 0.5) is 11.4 Å². The van der Waals surface area contributed by atoms with Gasteiger partial charge >= 0.3 is 0 Å². The zero-order chi connectivity index (χ0) is 27.0. The van der Waals surface area contributed by atoms with Crippen molar-refractivity contribution in [3.63, 3.8) is 0 Å². The van der Waals surface area contributed by atoms with Gasteiger partial charge < -0.3 is 10.1 Å². The molecule has 1 saturated carbocycles. The van der Waals surface area contributed by atoms with Crippen LogP contribution in [0.25, 0.3) is 10.9 Å². The predicted octanol–water partition coefficient (Wildman–Crippen LogP) is 6.18. The van der Waals surface area contributed by atoms with Crippen molar-refractivity contribution in [2.24, 2.45) is 10.9 Å². The second kappa shape index (κ2) is 10.5. The van der Waals surface area contributed by atoms with E-state index in [1.807, 2.05) is 42.5 Å². The van der Waals surface area contributed by atoms with Gasteiger partial charge in [0.15, 0.2) is 5.88 Å². The van der Waals surface area contributed by atoms with E-state index in [9.17, 15) is 13.5 Å². The highest BCUT2D eigenvalue weighted by atomic mass is 32.2. The maximum Gasteiger partial charge on any atom is 0.235 e. The Morgan fingerprint density at radius 1 is 1.00 bits per heavy atom. The first-order valence-electron chi connectivity index (χ1n) is 13.7. The summed E-state index contributed by atoms with van der Waals surface area (Å²) in [7, 11) is -3.41. The number of hydrogen-bond donors (Lipinski definition) is 3. The number of benzene rings is 3. The lowest BCUT2D eigenvalue weighted by molar-refractivity contribution is 0.185. The number of fused-ring (bicyclic) bond motifs is 1. The largest absolute Gasteiger partial charge is 0.494 e. The molecule has 7 nitrogen and oxygen atoms in total. The average Bonchev–Trinajstić information content (AvgIpc) is 3.75. The normalized spacial score (nSPS) is 17.5. The van der Waals surface area contributed by atoms with Gasteiger partial charge in [-0.05, 0) is 80.6 Å². The van der Waals surface area contributed by atoms with Crippen LogP contribution in [0.15, 0.2) is 77.8 Å². The first-order chi connectivity index (χ1) is 18.9. The molecule has 1 aromatic heterocycles. The summed E-state index contributed by atoms with van der Waals surface area (Å²) in [4.78, 5) is 10.6. The molecule has 0 bridgehead atoms. The zero-order valence-electron chi connectivity index (χ0n) is 22.1. The molecule has 0 amide bonds. The molecule has 202 valence electrons. The number of aromatic nitrogens is 1. The van der Waals surface area contributed by atoms with E-state index >= 15 is 0 Å². The fraction of sp³-hybridized carbons (Fsp3) is 0.323. The van der Waals surface area contributed by atoms with Crippen LogP contribution >= 0.6 is 0 Å². The lowest BCUT2D eigenvalue weighted by Gasteiger charge is -2.30. The standard InChI is InChI=1S/C31H34N4O3S/c1-21-15-17-35(18-16-21)20-22-7-9-24(10-8-22)32-30(23-5-3-2-4-6-23)29-27-19-25(11-14-28(27)33-31(29)36)34-39(37,38)26-12-13-26/h2-11,14,19,21,26,33-34,36H,12-13,15-18,20H2,1H3. The molecule has 8 heteroatoms. The number of anilines is 1. The molecule has 0 spiro atoms. The molecule has 39 heavy (non-hydrogen) atoms. The van der Waals surface area contributed by atoms with Crippen molar-refractivity contribution in [3.8, 4) is 5.88 Å². The van der Waals surface area contributed by atoms with Crippen molar-refractivity contribution >= 4 is 38.0 Å². The molecule has 1 saturated heterocycles. The number of aliphatic imine (C=N–C) groups is 1. The fourth-order valence-electron chi connectivity index (χ4n) is 5.25. The zero-order valence-corrected chi connectivity index (χ0v) is 22.9. The molecule has 0 unspecified atom stereocenters. The third kappa shape index (κ3) is 5.72. The van der Waals surface area contributed by atoms with E-state index in [-0.39, 0.29) is 11.1 Å².